The first-order valence-electron chi connectivity index (χ1n) is 5.72. The summed E-state index contributed by atoms with van der Waals surface area (Å²) in [5.41, 5.74) is 0.295. The molecule has 0 aliphatic rings. The number of ether oxygens (including phenoxy) is 1. The van der Waals surface area contributed by atoms with E-state index >= 15 is 0 Å². The Labute approximate surface area is 117 Å². The van der Waals surface area contributed by atoms with Gasteiger partial charge in [0.1, 0.15) is 6.61 Å². The highest BCUT2D eigenvalue weighted by Crippen LogP contribution is 2.34. The Bertz CT molecular complexity index is 571. The van der Waals surface area contributed by atoms with Crippen molar-refractivity contribution in [2.75, 3.05) is 6.61 Å². The van der Waals surface area contributed by atoms with E-state index in [2.05, 4.69) is 0 Å². The van der Waals surface area contributed by atoms with Gasteiger partial charge < -0.3 is 9.84 Å². The Balaban J connectivity index is 3.08. The fourth-order valence-electron chi connectivity index (χ4n) is 1.73. The van der Waals surface area contributed by atoms with Crippen molar-refractivity contribution in [1.82, 2.24) is 0 Å². The molecular weight excluding hydrogens is 295 g/mol. The maximum absolute atomic E-state index is 12.5. The number of nitro benzene ring substituents is 1. The number of halogens is 3. The lowest BCUT2D eigenvalue weighted by Gasteiger charge is -2.17. The van der Waals surface area contributed by atoms with Crippen molar-refractivity contribution in [2.45, 2.75) is 20.0 Å². The van der Waals surface area contributed by atoms with Crippen molar-refractivity contribution in [1.29, 1.82) is 0 Å². The minimum Gasteiger partial charge on any atom is -0.485 e. The lowest BCUT2D eigenvalue weighted by atomic mass is 10.1. The van der Waals surface area contributed by atoms with Crippen molar-refractivity contribution in [2.24, 2.45) is 5.92 Å². The van der Waals surface area contributed by atoms with Gasteiger partial charge >= 0.3 is 17.8 Å². The summed E-state index contributed by atoms with van der Waals surface area (Å²) in [4.78, 5) is 20.7. The SMILES string of the molecule is Cc1cc(C)c(OCC(C(=O)O)C(F)(F)F)c([N+](=O)[O-])c1. The van der Waals surface area contributed by atoms with Crippen molar-refractivity contribution in [3.63, 3.8) is 0 Å². The van der Waals surface area contributed by atoms with E-state index in [1.165, 1.54) is 13.0 Å². The zero-order valence-electron chi connectivity index (χ0n) is 11.1. The fourth-order valence-corrected chi connectivity index (χ4v) is 1.73. The predicted molar refractivity (Wildman–Crippen MR) is 65.2 cm³/mol. The van der Waals surface area contributed by atoms with Gasteiger partial charge in [-0.3, -0.25) is 14.9 Å². The molecule has 0 aliphatic carbocycles. The Morgan fingerprint density at radius 1 is 1.43 bits per heavy atom. The first-order valence-corrected chi connectivity index (χ1v) is 5.72. The van der Waals surface area contributed by atoms with E-state index in [-0.39, 0.29) is 11.3 Å². The second kappa shape index (κ2) is 5.98. The lowest BCUT2D eigenvalue weighted by Crippen LogP contribution is -2.35. The van der Waals surface area contributed by atoms with Crippen LogP contribution in [0.5, 0.6) is 5.75 Å². The number of hydrogen-bond acceptors (Lipinski definition) is 4. The third kappa shape index (κ3) is 4.07. The molecule has 0 radical (unpaired) electrons. The molecule has 0 saturated carbocycles. The Hall–Kier alpha value is -2.32. The van der Waals surface area contributed by atoms with Crippen LogP contribution >= 0.6 is 0 Å². The van der Waals surface area contributed by atoms with Crippen LogP contribution in [0.15, 0.2) is 12.1 Å². The number of hydrogen-bond donors (Lipinski definition) is 1. The summed E-state index contributed by atoms with van der Waals surface area (Å²) >= 11 is 0. The topological polar surface area (TPSA) is 89.7 Å². The molecule has 0 spiro atoms. The van der Waals surface area contributed by atoms with Gasteiger partial charge in [-0.15, -0.1) is 0 Å². The molecule has 9 heteroatoms. The first-order chi connectivity index (χ1) is 9.54. The van der Waals surface area contributed by atoms with Crippen LogP contribution < -0.4 is 4.74 Å². The molecule has 1 atom stereocenters. The van der Waals surface area contributed by atoms with Crippen LogP contribution in [0.4, 0.5) is 18.9 Å². The van der Waals surface area contributed by atoms with E-state index in [9.17, 15) is 28.1 Å². The Kier molecular flexibility index (Phi) is 4.77. The summed E-state index contributed by atoms with van der Waals surface area (Å²) in [6, 6.07) is 2.64. The molecule has 0 saturated heterocycles. The van der Waals surface area contributed by atoms with Crippen LogP contribution in [0.2, 0.25) is 0 Å². The highest BCUT2D eigenvalue weighted by atomic mass is 19.4. The van der Waals surface area contributed by atoms with Crippen LogP contribution in [0.25, 0.3) is 0 Å². The third-order valence-corrected chi connectivity index (χ3v) is 2.68. The second-order valence-electron chi connectivity index (χ2n) is 4.43. The maximum Gasteiger partial charge on any atom is 0.405 e. The Morgan fingerprint density at radius 2 is 2.00 bits per heavy atom. The van der Waals surface area contributed by atoms with Gasteiger partial charge in [-0.25, -0.2) is 0 Å². The van der Waals surface area contributed by atoms with E-state index in [1.807, 2.05) is 0 Å². The van der Waals surface area contributed by atoms with E-state index in [1.54, 1.807) is 6.92 Å². The molecule has 1 aromatic rings. The summed E-state index contributed by atoms with van der Waals surface area (Å²) < 4.78 is 42.3. The second-order valence-corrected chi connectivity index (χ2v) is 4.43. The van der Waals surface area contributed by atoms with E-state index < -0.39 is 35.3 Å². The fraction of sp³-hybridized carbons (Fsp3) is 0.417. The maximum atomic E-state index is 12.5. The van der Waals surface area contributed by atoms with Crippen molar-refractivity contribution >= 4 is 11.7 Å². The molecule has 0 amide bonds. The molecule has 0 aromatic heterocycles. The molecule has 0 fully saturated rings. The van der Waals surface area contributed by atoms with E-state index in [0.717, 1.165) is 6.07 Å². The molecule has 21 heavy (non-hydrogen) atoms. The number of aryl methyl sites for hydroxylation is 2. The smallest absolute Gasteiger partial charge is 0.405 e. The molecule has 0 heterocycles. The van der Waals surface area contributed by atoms with Crippen molar-refractivity contribution in [3.8, 4) is 5.75 Å². The zero-order chi connectivity index (χ0) is 16.4. The van der Waals surface area contributed by atoms with E-state index in [0.29, 0.717) is 5.56 Å². The monoisotopic (exact) mass is 307 g/mol. The summed E-state index contributed by atoms with van der Waals surface area (Å²) in [5, 5.41) is 19.4. The van der Waals surface area contributed by atoms with Crippen LogP contribution in [0, 0.1) is 29.9 Å². The quantitative estimate of drug-likeness (QED) is 0.667. The summed E-state index contributed by atoms with van der Waals surface area (Å²) in [6.45, 7) is 1.78. The van der Waals surface area contributed by atoms with Crippen molar-refractivity contribution < 1.29 is 32.7 Å². The van der Waals surface area contributed by atoms with Gasteiger partial charge in [0, 0.05) is 6.07 Å². The minimum absolute atomic E-state index is 0.257. The summed E-state index contributed by atoms with van der Waals surface area (Å²) in [5.74, 6) is -5.21. The van der Waals surface area contributed by atoms with Crippen LogP contribution in [0.3, 0.4) is 0 Å². The van der Waals surface area contributed by atoms with Gasteiger partial charge in [0.15, 0.2) is 11.7 Å². The lowest BCUT2D eigenvalue weighted by molar-refractivity contribution is -0.386. The molecule has 6 nitrogen and oxygen atoms in total. The molecule has 0 aliphatic heterocycles. The van der Waals surface area contributed by atoms with E-state index in [4.69, 9.17) is 9.84 Å². The molecule has 1 rings (SSSR count). The highest BCUT2D eigenvalue weighted by Gasteiger charge is 2.46. The van der Waals surface area contributed by atoms with Gasteiger partial charge in [0.25, 0.3) is 0 Å². The van der Waals surface area contributed by atoms with Crippen LogP contribution in [0.1, 0.15) is 11.1 Å². The number of carbonyl (C=O) groups is 1. The van der Waals surface area contributed by atoms with Gasteiger partial charge in [-0.1, -0.05) is 6.07 Å². The Morgan fingerprint density at radius 3 is 2.43 bits per heavy atom. The van der Waals surface area contributed by atoms with Crippen LogP contribution in [-0.4, -0.2) is 28.8 Å². The molecular formula is C12H12F3NO5. The number of nitro groups is 1. The minimum atomic E-state index is -5.00. The first kappa shape index (κ1) is 16.7. The number of rotatable bonds is 5. The summed E-state index contributed by atoms with van der Waals surface area (Å²) in [7, 11) is 0. The predicted octanol–water partition coefficient (Wildman–Crippen LogP) is 2.85. The average molecular weight is 307 g/mol. The largest absolute Gasteiger partial charge is 0.485 e. The molecule has 0 bridgehead atoms. The summed E-state index contributed by atoms with van der Waals surface area (Å²) in [6.07, 6.45) is -5.00. The van der Waals surface area contributed by atoms with Gasteiger partial charge in [0.2, 0.25) is 0 Å². The number of carboxylic acids is 1. The van der Waals surface area contributed by atoms with Crippen molar-refractivity contribution in [3.05, 3.63) is 33.4 Å². The van der Waals surface area contributed by atoms with Gasteiger partial charge in [-0.2, -0.15) is 13.2 Å². The normalized spacial score (nSPS) is 12.8. The molecule has 1 aromatic carbocycles. The van der Waals surface area contributed by atoms with Gasteiger partial charge in [-0.05, 0) is 25.0 Å². The van der Waals surface area contributed by atoms with Gasteiger partial charge in [0.05, 0.1) is 4.92 Å². The standard InChI is InChI=1S/C12H12F3NO5/c1-6-3-7(2)10(9(4-6)16(19)20)21-5-8(11(17)18)12(13,14)15/h3-4,8H,5H2,1-2H3,(H,17,18). The number of carboxylic acid groups (broad SMARTS) is 1. The number of benzene rings is 1. The molecule has 116 valence electrons. The molecule has 1 N–H and O–H groups in total. The number of nitrogens with zero attached hydrogens (tertiary/aromatic N) is 1. The average Bonchev–Trinajstić information content (AvgIpc) is 2.28. The molecule has 1 unspecified atom stereocenters. The third-order valence-electron chi connectivity index (χ3n) is 2.68. The highest BCUT2D eigenvalue weighted by molar-refractivity contribution is 5.71. The number of aliphatic carboxylic acids is 1. The zero-order valence-corrected chi connectivity index (χ0v) is 11.1. The number of alkyl halides is 3. The van der Waals surface area contributed by atoms with Crippen LogP contribution in [-0.2, 0) is 4.79 Å².